The maximum atomic E-state index is 12.4. The maximum absolute atomic E-state index is 12.4. The van der Waals surface area contributed by atoms with E-state index in [9.17, 15) is 8.42 Å². The van der Waals surface area contributed by atoms with Gasteiger partial charge in [-0.2, -0.15) is 12.7 Å². The van der Waals surface area contributed by atoms with E-state index < -0.39 is 10.2 Å². The Hall–Kier alpha value is -0.910. The van der Waals surface area contributed by atoms with Gasteiger partial charge in [0.1, 0.15) is 0 Å². The van der Waals surface area contributed by atoms with Crippen molar-refractivity contribution in [2.24, 2.45) is 0 Å². The second kappa shape index (κ2) is 6.07. The van der Waals surface area contributed by atoms with Crippen molar-refractivity contribution in [3.05, 3.63) is 35.9 Å². The Labute approximate surface area is 127 Å². The van der Waals surface area contributed by atoms with Gasteiger partial charge in [0.2, 0.25) is 0 Å². The van der Waals surface area contributed by atoms with Crippen LogP contribution in [0.4, 0.5) is 0 Å². The van der Waals surface area contributed by atoms with Gasteiger partial charge in [0.15, 0.2) is 0 Å². The molecule has 0 amide bonds. The van der Waals surface area contributed by atoms with Crippen molar-refractivity contribution < 1.29 is 8.42 Å². The molecule has 1 saturated carbocycles. The van der Waals surface area contributed by atoms with Crippen LogP contribution in [-0.2, 0) is 15.6 Å². The molecule has 0 aromatic heterocycles. The predicted molar refractivity (Wildman–Crippen MR) is 84.3 cm³/mol. The second-order valence-corrected chi connectivity index (χ2v) is 8.04. The molecule has 1 saturated heterocycles. The number of nitrogens with zero attached hydrogens (tertiary/aromatic N) is 1. The topological polar surface area (TPSA) is 49.4 Å². The molecule has 116 valence electrons. The van der Waals surface area contributed by atoms with Crippen molar-refractivity contribution >= 4 is 10.2 Å². The van der Waals surface area contributed by atoms with E-state index in [1.54, 1.807) is 4.31 Å². The summed E-state index contributed by atoms with van der Waals surface area (Å²) in [6.07, 6.45) is 6.41. The third kappa shape index (κ3) is 3.15. The van der Waals surface area contributed by atoms with E-state index in [0.29, 0.717) is 19.6 Å². The van der Waals surface area contributed by atoms with Crippen molar-refractivity contribution in [2.45, 2.75) is 43.9 Å². The van der Waals surface area contributed by atoms with Gasteiger partial charge in [-0.3, -0.25) is 0 Å². The molecule has 1 aliphatic heterocycles. The van der Waals surface area contributed by atoms with Crippen LogP contribution in [0.1, 0.15) is 44.1 Å². The first kappa shape index (κ1) is 15.0. The fourth-order valence-corrected chi connectivity index (χ4v) is 4.77. The van der Waals surface area contributed by atoms with Crippen molar-refractivity contribution in [1.82, 2.24) is 9.03 Å². The van der Waals surface area contributed by atoms with E-state index in [2.05, 4.69) is 16.9 Å². The van der Waals surface area contributed by atoms with Crippen LogP contribution in [0.2, 0.25) is 0 Å². The zero-order valence-corrected chi connectivity index (χ0v) is 13.2. The minimum atomic E-state index is -3.32. The van der Waals surface area contributed by atoms with Crippen molar-refractivity contribution in [1.29, 1.82) is 0 Å². The number of piperidine rings is 1. The minimum Gasteiger partial charge on any atom is -0.201 e. The quantitative estimate of drug-likeness (QED) is 0.908. The van der Waals surface area contributed by atoms with Crippen LogP contribution < -0.4 is 4.72 Å². The first-order chi connectivity index (χ1) is 10.1. The van der Waals surface area contributed by atoms with Crippen molar-refractivity contribution in [3.63, 3.8) is 0 Å². The number of nitrogens with one attached hydrogen (secondary N) is 1. The predicted octanol–water partition coefficient (Wildman–Crippen LogP) is 2.43. The number of hydrogen-bond donors (Lipinski definition) is 1. The molecule has 0 unspecified atom stereocenters. The summed E-state index contributed by atoms with van der Waals surface area (Å²) in [5.74, 6) is 0. The molecule has 2 aliphatic rings. The maximum Gasteiger partial charge on any atom is 0.279 e. The Balaban J connectivity index is 1.68. The highest BCUT2D eigenvalue weighted by Crippen LogP contribution is 2.43. The van der Waals surface area contributed by atoms with E-state index in [1.807, 2.05) is 18.2 Å². The Morgan fingerprint density at radius 3 is 2.24 bits per heavy atom. The van der Waals surface area contributed by atoms with Gasteiger partial charge in [-0.05, 0) is 31.2 Å². The monoisotopic (exact) mass is 308 g/mol. The Morgan fingerprint density at radius 2 is 1.67 bits per heavy atom. The third-order valence-electron chi connectivity index (χ3n) is 4.94. The lowest BCUT2D eigenvalue weighted by Crippen LogP contribution is -2.50. The largest absolute Gasteiger partial charge is 0.279 e. The van der Waals surface area contributed by atoms with Gasteiger partial charge in [0.25, 0.3) is 10.2 Å². The van der Waals surface area contributed by atoms with E-state index in [4.69, 9.17) is 0 Å². The molecule has 1 aliphatic carbocycles. The van der Waals surface area contributed by atoms with Crippen molar-refractivity contribution in [2.75, 3.05) is 19.6 Å². The van der Waals surface area contributed by atoms with Gasteiger partial charge >= 0.3 is 0 Å². The molecule has 3 rings (SSSR count). The number of benzene rings is 1. The molecule has 5 heteroatoms. The van der Waals surface area contributed by atoms with E-state index in [0.717, 1.165) is 32.1 Å². The summed E-state index contributed by atoms with van der Waals surface area (Å²) >= 11 is 0. The molecular formula is C16H24N2O2S. The molecule has 4 nitrogen and oxygen atoms in total. The van der Waals surface area contributed by atoms with Gasteiger partial charge in [0, 0.05) is 25.0 Å². The van der Waals surface area contributed by atoms with Crippen LogP contribution >= 0.6 is 0 Å². The van der Waals surface area contributed by atoms with Crippen LogP contribution in [-0.4, -0.2) is 32.4 Å². The number of rotatable bonds is 5. The van der Waals surface area contributed by atoms with Gasteiger partial charge in [-0.25, -0.2) is 4.72 Å². The highest BCUT2D eigenvalue weighted by atomic mass is 32.2. The Kier molecular flexibility index (Phi) is 4.33. The summed E-state index contributed by atoms with van der Waals surface area (Å²) in [6.45, 7) is 1.84. The molecular weight excluding hydrogens is 284 g/mol. The molecule has 1 aromatic carbocycles. The Morgan fingerprint density at radius 1 is 1.00 bits per heavy atom. The van der Waals surface area contributed by atoms with Crippen LogP contribution in [0.3, 0.4) is 0 Å². The molecule has 1 heterocycles. The number of hydrogen-bond acceptors (Lipinski definition) is 2. The standard InChI is InChI=1S/C16H24N2O2S/c19-21(20,18-12-5-2-6-13-18)17-14-16(10-7-11-16)15-8-3-1-4-9-15/h1,3-4,8-9,17H,2,5-7,10-14H2. The zero-order valence-electron chi connectivity index (χ0n) is 12.4. The molecule has 21 heavy (non-hydrogen) atoms. The minimum absolute atomic E-state index is 0.00408. The average molecular weight is 308 g/mol. The lowest BCUT2D eigenvalue weighted by Gasteiger charge is -2.43. The fourth-order valence-electron chi connectivity index (χ4n) is 3.39. The summed E-state index contributed by atoms with van der Waals surface area (Å²) in [5.41, 5.74) is 1.27. The highest BCUT2D eigenvalue weighted by Gasteiger charge is 2.39. The second-order valence-electron chi connectivity index (χ2n) is 6.29. The molecule has 0 spiro atoms. The summed E-state index contributed by atoms with van der Waals surface area (Å²) < 4.78 is 29.3. The molecule has 0 atom stereocenters. The lowest BCUT2D eigenvalue weighted by molar-refractivity contribution is 0.242. The summed E-state index contributed by atoms with van der Waals surface area (Å²) in [6, 6.07) is 10.3. The van der Waals surface area contributed by atoms with Crippen LogP contribution in [0, 0.1) is 0 Å². The molecule has 1 N–H and O–H groups in total. The van der Waals surface area contributed by atoms with Crippen LogP contribution in [0.25, 0.3) is 0 Å². The normalized spacial score (nSPS) is 22.7. The van der Waals surface area contributed by atoms with Gasteiger partial charge < -0.3 is 0 Å². The lowest BCUT2D eigenvalue weighted by atomic mass is 9.64. The zero-order chi connectivity index (χ0) is 14.8. The summed E-state index contributed by atoms with van der Waals surface area (Å²) in [4.78, 5) is 0. The van der Waals surface area contributed by atoms with E-state index >= 15 is 0 Å². The SMILES string of the molecule is O=S(=O)(NCC1(c2ccccc2)CCC1)N1CCCCC1. The van der Waals surface area contributed by atoms with Crippen LogP contribution in [0.5, 0.6) is 0 Å². The smallest absolute Gasteiger partial charge is 0.201 e. The summed E-state index contributed by atoms with van der Waals surface area (Å²) in [5, 5.41) is 0. The van der Waals surface area contributed by atoms with Gasteiger partial charge in [-0.1, -0.05) is 43.2 Å². The van der Waals surface area contributed by atoms with Crippen molar-refractivity contribution in [3.8, 4) is 0 Å². The van der Waals surface area contributed by atoms with Gasteiger partial charge in [-0.15, -0.1) is 0 Å². The first-order valence-electron chi connectivity index (χ1n) is 7.93. The first-order valence-corrected chi connectivity index (χ1v) is 9.37. The van der Waals surface area contributed by atoms with E-state index in [-0.39, 0.29) is 5.41 Å². The fraction of sp³-hybridized carbons (Fsp3) is 0.625. The summed E-state index contributed by atoms with van der Waals surface area (Å²) in [7, 11) is -3.32. The average Bonchev–Trinajstić information content (AvgIpc) is 2.48. The third-order valence-corrected chi connectivity index (χ3v) is 6.50. The molecule has 2 fully saturated rings. The Bertz CT molecular complexity index is 561. The van der Waals surface area contributed by atoms with E-state index in [1.165, 1.54) is 12.0 Å². The molecule has 0 radical (unpaired) electrons. The highest BCUT2D eigenvalue weighted by molar-refractivity contribution is 7.87. The molecule has 1 aromatic rings. The van der Waals surface area contributed by atoms with Gasteiger partial charge in [0.05, 0.1) is 0 Å². The molecule has 0 bridgehead atoms. The van der Waals surface area contributed by atoms with Crippen LogP contribution in [0.15, 0.2) is 30.3 Å².